The maximum absolute atomic E-state index is 5.37. The molecule has 0 aliphatic heterocycles. The predicted octanol–water partition coefficient (Wildman–Crippen LogP) is 4.30. The summed E-state index contributed by atoms with van der Waals surface area (Å²) in [6, 6.07) is 13.6. The molecule has 0 amide bonds. The van der Waals surface area contributed by atoms with Gasteiger partial charge in [-0.05, 0) is 24.3 Å². The highest BCUT2D eigenvalue weighted by Gasteiger charge is 2.17. The second kappa shape index (κ2) is 6.45. The average Bonchev–Trinajstić information content (AvgIpc) is 3.22. The van der Waals surface area contributed by atoms with E-state index in [1.807, 2.05) is 42.5 Å². The van der Waals surface area contributed by atoms with Crippen molar-refractivity contribution in [1.82, 2.24) is 19.8 Å². The van der Waals surface area contributed by atoms with E-state index in [-0.39, 0.29) is 0 Å². The third-order valence-electron chi connectivity index (χ3n) is 3.74. The maximum atomic E-state index is 5.37. The molecule has 0 spiro atoms. The largest absolute Gasteiger partial charge is 0.493 e. The molecule has 2 heterocycles. The standard InChI is InChI=1S/C17H13BrN4O2S/c1-23-13-8-7-10(9-14(13)24-2)15-19-20-17-22(15)21-16(25-17)11-5-3-4-6-12(11)18/h3-9H,1-2H3. The number of ether oxygens (including phenoxy) is 2. The smallest absolute Gasteiger partial charge is 0.235 e. The molecule has 0 radical (unpaired) electrons. The predicted molar refractivity (Wildman–Crippen MR) is 100 cm³/mol. The van der Waals surface area contributed by atoms with Crippen LogP contribution in [0.15, 0.2) is 46.9 Å². The van der Waals surface area contributed by atoms with E-state index >= 15 is 0 Å². The molecular formula is C17H13BrN4O2S. The van der Waals surface area contributed by atoms with Gasteiger partial charge < -0.3 is 9.47 Å². The summed E-state index contributed by atoms with van der Waals surface area (Å²) < 4.78 is 13.4. The number of aromatic nitrogens is 4. The maximum Gasteiger partial charge on any atom is 0.235 e. The van der Waals surface area contributed by atoms with Crippen LogP contribution in [0.4, 0.5) is 0 Å². The van der Waals surface area contributed by atoms with Crippen LogP contribution >= 0.6 is 27.3 Å². The van der Waals surface area contributed by atoms with E-state index in [4.69, 9.17) is 9.47 Å². The Hall–Kier alpha value is -2.45. The van der Waals surface area contributed by atoms with E-state index in [0.717, 1.165) is 25.6 Å². The zero-order valence-electron chi connectivity index (χ0n) is 13.4. The second-order valence-corrected chi connectivity index (χ2v) is 6.99. The van der Waals surface area contributed by atoms with Gasteiger partial charge in [-0.1, -0.05) is 45.5 Å². The summed E-state index contributed by atoms with van der Waals surface area (Å²) >= 11 is 5.06. The van der Waals surface area contributed by atoms with Gasteiger partial charge in [-0.15, -0.1) is 10.2 Å². The second-order valence-electron chi connectivity index (χ2n) is 5.17. The zero-order chi connectivity index (χ0) is 17.4. The third kappa shape index (κ3) is 2.77. The van der Waals surface area contributed by atoms with Gasteiger partial charge in [-0.3, -0.25) is 0 Å². The number of halogens is 1. The molecule has 8 heteroatoms. The lowest BCUT2D eigenvalue weighted by atomic mass is 10.2. The van der Waals surface area contributed by atoms with Gasteiger partial charge >= 0.3 is 0 Å². The third-order valence-corrected chi connectivity index (χ3v) is 5.36. The van der Waals surface area contributed by atoms with Crippen molar-refractivity contribution < 1.29 is 9.47 Å². The first-order valence-corrected chi connectivity index (χ1v) is 9.01. The average molecular weight is 417 g/mol. The van der Waals surface area contributed by atoms with Gasteiger partial charge in [0, 0.05) is 15.6 Å². The van der Waals surface area contributed by atoms with Crippen molar-refractivity contribution in [2.24, 2.45) is 0 Å². The van der Waals surface area contributed by atoms with Crippen molar-refractivity contribution in [2.45, 2.75) is 0 Å². The van der Waals surface area contributed by atoms with Gasteiger partial charge in [-0.25, -0.2) is 0 Å². The van der Waals surface area contributed by atoms with Crippen LogP contribution in [0.25, 0.3) is 26.9 Å². The van der Waals surface area contributed by atoms with Crippen molar-refractivity contribution in [2.75, 3.05) is 14.2 Å². The number of hydrogen-bond acceptors (Lipinski definition) is 6. The van der Waals surface area contributed by atoms with Gasteiger partial charge in [0.2, 0.25) is 4.96 Å². The van der Waals surface area contributed by atoms with E-state index in [1.165, 1.54) is 11.3 Å². The molecule has 0 unspecified atom stereocenters. The molecule has 25 heavy (non-hydrogen) atoms. The molecule has 0 aliphatic rings. The summed E-state index contributed by atoms with van der Waals surface area (Å²) in [6.45, 7) is 0. The molecule has 4 aromatic rings. The van der Waals surface area contributed by atoms with Crippen LogP contribution in [-0.4, -0.2) is 34.0 Å². The highest BCUT2D eigenvalue weighted by molar-refractivity contribution is 9.10. The Bertz CT molecular complexity index is 1060. The van der Waals surface area contributed by atoms with Gasteiger partial charge in [0.1, 0.15) is 5.01 Å². The van der Waals surface area contributed by atoms with E-state index in [9.17, 15) is 0 Å². The Morgan fingerprint density at radius 1 is 1.00 bits per heavy atom. The molecule has 2 aromatic carbocycles. The van der Waals surface area contributed by atoms with Gasteiger partial charge in [0.15, 0.2) is 17.3 Å². The molecule has 0 bridgehead atoms. The number of rotatable bonds is 4. The Morgan fingerprint density at radius 3 is 2.56 bits per heavy atom. The first-order valence-electron chi connectivity index (χ1n) is 7.41. The van der Waals surface area contributed by atoms with Crippen molar-refractivity contribution in [3.63, 3.8) is 0 Å². The van der Waals surface area contributed by atoms with Crippen LogP contribution in [0, 0.1) is 0 Å². The summed E-state index contributed by atoms with van der Waals surface area (Å²) in [7, 11) is 3.21. The van der Waals surface area contributed by atoms with Crippen molar-refractivity contribution in [3.8, 4) is 33.5 Å². The van der Waals surface area contributed by atoms with E-state index < -0.39 is 0 Å². The molecule has 6 nitrogen and oxygen atoms in total. The summed E-state index contributed by atoms with van der Waals surface area (Å²) in [6.07, 6.45) is 0. The molecule has 2 aromatic heterocycles. The number of fused-ring (bicyclic) bond motifs is 1. The summed E-state index contributed by atoms with van der Waals surface area (Å²) in [5.41, 5.74) is 1.88. The minimum atomic E-state index is 0.637. The fraction of sp³-hybridized carbons (Fsp3) is 0.118. The van der Waals surface area contributed by atoms with Crippen molar-refractivity contribution in [1.29, 1.82) is 0 Å². The lowest BCUT2D eigenvalue weighted by molar-refractivity contribution is 0.355. The van der Waals surface area contributed by atoms with E-state index in [1.54, 1.807) is 18.7 Å². The monoisotopic (exact) mass is 416 g/mol. The van der Waals surface area contributed by atoms with Crippen LogP contribution in [0.1, 0.15) is 0 Å². The Morgan fingerprint density at radius 2 is 1.80 bits per heavy atom. The van der Waals surface area contributed by atoms with Crippen LogP contribution in [0.2, 0.25) is 0 Å². The van der Waals surface area contributed by atoms with E-state index in [0.29, 0.717) is 17.3 Å². The topological polar surface area (TPSA) is 61.5 Å². The molecule has 0 atom stereocenters. The summed E-state index contributed by atoms with van der Waals surface area (Å²) in [5, 5.41) is 14.1. The SMILES string of the molecule is COc1ccc(-c2nnc3sc(-c4ccccc4Br)nn23)cc1OC. The molecule has 0 aliphatic carbocycles. The minimum Gasteiger partial charge on any atom is -0.493 e. The van der Waals surface area contributed by atoms with Crippen LogP contribution in [0.3, 0.4) is 0 Å². The first-order chi connectivity index (χ1) is 12.2. The first kappa shape index (κ1) is 16.0. The lowest BCUT2D eigenvalue weighted by Gasteiger charge is -2.08. The van der Waals surface area contributed by atoms with Crippen LogP contribution in [0.5, 0.6) is 11.5 Å². The lowest BCUT2D eigenvalue weighted by Crippen LogP contribution is -1.94. The number of nitrogens with zero attached hydrogens (tertiary/aromatic N) is 4. The molecule has 0 saturated carbocycles. The number of benzene rings is 2. The highest BCUT2D eigenvalue weighted by Crippen LogP contribution is 2.34. The normalized spacial score (nSPS) is 11.0. The van der Waals surface area contributed by atoms with Gasteiger partial charge in [-0.2, -0.15) is 9.61 Å². The Balaban J connectivity index is 1.83. The van der Waals surface area contributed by atoms with Gasteiger partial charge in [0.25, 0.3) is 0 Å². The van der Waals surface area contributed by atoms with Crippen molar-refractivity contribution >= 4 is 32.2 Å². The molecule has 0 N–H and O–H groups in total. The number of methoxy groups -OCH3 is 2. The van der Waals surface area contributed by atoms with Crippen molar-refractivity contribution in [3.05, 3.63) is 46.9 Å². The Labute approximate surface area is 156 Å². The molecule has 0 saturated heterocycles. The van der Waals surface area contributed by atoms with E-state index in [2.05, 4.69) is 31.2 Å². The highest BCUT2D eigenvalue weighted by atomic mass is 79.9. The number of hydrogen-bond donors (Lipinski definition) is 0. The molecule has 126 valence electrons. The quantitative estimate of drug-likeness (QED) is 0.496. The van der Waals surface area contributed by atoms with Crippen LogP contribution in [-0.2, 0) is 0 Å². The van der Waals surface area contributed by atoms with Crippen LogP contribution < -0.4 is 9.47 Å². The fourth-order valence-corrected chi connectivity index (χ4v) is 4.00. The molecule has 4 rings (SSSR count). The molecular weight excluding hydrogens is 404 g/mol. The summed E-state index contributed by atoms with van der Waals surface area (Å²) in [5.74, 6) is 1.96. The molecule has 0 fully saturated rings. The zero-order valence-corrected chi connectivity index (χ0v) is 15.8. The Kier molecular flexibility index (Phi) is 4.14. The van der Waals surface area contributed by atoms with Gasteiger partial charge in [0.05, 0.1) is 14.2 Å². The summed E-state index contributed by atoms with van der Waals surface area (Å²) in [4.78, 5) is 0.732. The minimum absolute atomic E-state index is 0.637. The fourth-order valence-electron chi connectivity index (χ4n) is 2.52.